The largest absolute Gasteiger partial charge is 0.366 e. The van der Waals surface area contributed by atoms with Gasteiger partial charge in [-0.15, -0.1) is 0 Å². The Morgan fingerprint density at radius 3 is 2.50 bits per heavy atom. The summed E-state index contributed by atoms with van der Waals surface area (Å²) in [6, 6.07) is 11.5. The second-order valence-corrected chi connectivity index (χ2v) is 3.98. The highest BCUT2D eigenvalue weighted by Gasteiger charge is 2.18. The van der Waals surface area contributed by atoms with E-state index in [0.29, 0.717) is 0 Å². The van der Waals surface area contributed by atoms with Crippen molar-refractivity contribution in [2.45, 2.75) is 12.4 Å². The van der Waals surface area contributed by atoms with Crippen LogP contribution in [0.1, 0.15) is 17.4 Å². The van der Waals surface area contributed by atoms with Gasteiger partial charge in [0.25, 0.3) is 0 Å². The van der Waals surface area contributed by atoms with E-state index in [1.807, 2.05) is 43.4 Å². The SMILES string of the molecule is Cn1nccc1C(OCC(O)O)c1ccccc1. The Kier molecular flexibility index (Phi) is 4.09. The molecule has 0 saturated heterocycles. The van der Waals surface area contributed by atoms with E-state index in [1.54, 1.807) is 10.9 Å². The minimum absolute atomic E-state index is 0.148. The zero-order chi connectivity index (χ0) is 13.0. The lowest BCUT2D eigenvalue weighted by Crippen LogP contribution is -2.19. The summed E-state index contributed by atoms with van der Waals surface area (Å²) in [5.74, 6) is 0. The molecule has 0 aliphatic heterocycles. The van der Waals surface area contributed by atoms with Crippen molar-refractivity contribution < 1.29 is 14.9 Å². The van der Waals surface area contributed by atoms with Crippen molar-refractivity contribution in [1.82, 2.24) is 9.78 Å². The maximum absolute atomic E-state index is 8.92. The molecular weight excluding hydrogens is 232 g/mol. The molecule has 96 valence electrons. The van der Waals surface area contributed by atoms with Crippen LogP contribution in [0.3, 0.4) is 0 Å². The van der Waals surface area contributed by atoms with Crippen molar-refractivity contribution in [2.24, 2.45) is 7.05 Å². The predicted octanol–water partition coefficient (Wildman–Crippen LogP) is 0.837. The Bertz CT molecular complexity index is 482. The highest BCUT2D eigenvalue weighted by atomic mass is 16.5. The van der Waals surface area contributed by atoms with Crippen LogP contribution in [0.5, 0.6) is 0 Å². The molecule has 1 aromatic carbocycles. The smallest absolute Gasteiger partial charge is 0.175 e. The number of nitrogens with zero attached hydrogens (tertiary/aromatic N) is 2. The lowest BCUT2D eigenvalue weighted by Gasteiger charge is -2.19. The third-order valence-electron chi connectivity index (χ3n) is 2.64. The van der Waals surface area contributed by atoms with E-state index in [0.717, 1.165) is 11.3 Å². The van der Waals surface area contributed by atoms with Gasteiger partial charge in [0.1, 0.15) is 6.10 Å². The number of hydrogen-bond acceptors (Lipinski definition) is 4. The summed E-state index contributed by atoms with van der Waals surface area (Å²) in [6.07, 6.45) is -0.158. The highest BCUT2D eigenvalue weighted by Crippen LogP contribution is 2.25. The van der Waals surface area contributed by atoms with Gasteiger partial charge in [-0.25, -0.2) is 0 Å². The van der Waals surface area contributed by atoms with Crippen molar-refractivity contribution in [1.29, 1.82) is 0 Å². The van der Waals surface area contributed by atoms with Gasteiger partial charge in [-0.2, -0.15) is 5.10 Å². The van der Waals surface area contributed by atoms with Crippen LogP contribution < -0.4 is 0 Å². The monoisotopic (exact) mass is 248 g/mol. The first-order valence-electron chi connectivity index (χ1n) is 5.69. The summed E-state index contributed by atoms with van der Waals surface area (Å²) in [6.45, 7) is -0.148. The van der Waals surface area contributed by atoms with Crippen molar-refractivity contribution in [2.75, 3.05) is 6.61 Å². The van der Waals surface area contributed by atoms with E-state index in [4.69, 9.17) is 14.9 Å². The minimum Gasteiger partial charge on any atom is -0.366 e. The van der Waals surface area contributed by atoms with E-state index < -0.39 is 6.29 Å². The second kappa shape index (κ2) is 5.77. The van der Waals surface area contributed by atoms with Gasteiger partial charge in [0.15, 0.2) is 6.29 Å². The van der Waals surface area contributed by atoms with Crippen molar-refractivity contribution >= 4 is 0 Å². The van der Waals surface area contributed by atoms with Crippen LogP contribution in [0.25, 0.3) is 0 Å². The molecule has 0 aliphatic carbocycles. The van der Waals surface area contributed by atoms with Crippen molar-refractivity contribution in [3.8, 4) is 0 Å². The third kappa shape index (κ3) is 2.95. The molecule has 1 aromatic heterocycles. The van der Waals surface area contributed by atoms with Gasteiger partial charge in [-0.1, -0.05) is 30.3 Å². The summed E-state index contributed by atoms with van der Waals surface area (Å²) in [5, 5.41) is 21.9. The molecule has 2 N–H and O–H groups in total. The highest BCUT2D eigenvalue weighted by molar-refractivity contribution is 5.25. The molecule has 5 nitrogen and oxygen atoms in total. The van der Waals surface area contributed by atoms with Crippen LogP contribution >= 0.6 is 0 Å². The molecule has 0 amide bonds. The molecule has 0 aliphatic rings. The molecule has 18 heavy (non-hydrogen) atoms. The average molecular weight is 248 g/mol. The topological polar surface area (TPSA) is 67.5 Å². The quantitative estimate of drug-likeness (QED) is 0.769. The Balaban J connectivity index is 2.26. The molecule has 1 atom stereocenters. The standard InChI is InChI=1S/C13H16N2O3/c1-15-11(7-8-14-15)13(18-9-12(16)17)10-5-3-2-4-6-10/h2-8,12-13,16-17H,9H2,1H3. The number of aryl methyl sites for hydroxylation is 1. The Labute approximate surface area is 105 Å². The van der Waals surface area contributed by atoms with Crippen LogP contribution in [0.2, 0.25) is 0 Å². The summed E-state index contributed by atoms with van der Waals surface area (Å²) >= 11 is 0. The first-order valence-corrected chi connectivity index (χ1v) is 5.69. The summed E-state index contributed by atoms with van der Waals surface area (Å²) < 4.78 is 7.26. The lowest BCUT2D eigenvalue weighted by atomic mass is 10.1. The van der Waals surface area contributed by atoms with Gasteiger partial charge in [0, 0.05) is 13.2 Å². The van der Waals surface area contributed by atoms with Gasteiger partial charge < -0.3 is 14.9 Å². The normalized spacial score (nSPS) is 12.9. The fraction of sp³-hybridized carbons (Fsp3) is 0.308. The maximum atomic E-state index is 8.92. The molecule has 5 heteroatoms. The van der Waals surface area contributed by atoms with Crippen LogP contribution in [0.4, 0.5) is 0 Å². The average Bonchev–Trinajstić information content (AvgIpc) is 2.77. The van der Waals surface area contributed by atoms with E-state index in [-0.39, 0.29) is 12.7 Å². The van der Waals surface area contributed by atoms with Gasteiger partial charge in [-0.3, -0.25) is 4.68 Å². The fourth-order valence-corrected chi connectivity index (χ4v) is 1.80. The van der Waals surface area contributed by atoms with Gasteiger partial charge in [0.05, 0.1) is 12.3 Å². The molecule has 2 aromatic rings. The number of rotatable bonds is 5. The van der Waals surface area contributed by atoms with E-state index >= 15 is 0 Å². The first kappa shape index (κ1) is 12.8. The zero-order valence-corrected chi connectivity index (χ0v) is 10.1. The molecule has 0 saturated carbocycles. The van der Waals surface area contributed by atoms with Crippen molar-refractivity contribution in [3.05, 3.63) is 53.9 Å². The maximum Gasteiger partial charge on any atom is 0.175 e. The molecule has 2 rings (SSSR count). The van der Waals surface area contributed by atoms with Gasteiger partial charge >= 0.3 is 0 Å². The number of benzene rings is 1. The molecular formula is C13H16N2O3. The van der Waals surface area contributed by atoms with E-state index in [2.05, 4.69) is 5.10 Å². The molecule has 1 unspecified atom stereocenters. The Morgan fingerprint density at radius 1 is 1.22 bits per heavy atom. The van der Waals surface area contributed by atoms with Crippen LogP contribution in [-0.2, 0) is 11.8 Å². The summed E-state index contributed by atoms with van der Waals surface area (Å²) in [7, 11) is 1.82. The minimum atomic E-state index is -1.48. The third-order valence-corrected chi connectivity index (χ3v) is 2.64. The second-order valence-electron chi connectivity index (χ2n) is 3.98. The molecule has 0 spiro atoms. The number of aromatic nitrogens is 2. The number of aliphatic hydroxyl groups excluding tert-OH is 1. The van der Waals surface area contributed by atoms with E-state index in [1.165, 1.54) is 0 Å². The Morgan fingerprint density at radius 2 is 1.94 bits per heavy atom. The van der Waals surface area contributed by atoms with Crippen LogP contribution in [-0.4, -0.2) is 32.9 Å². The van der Waals surface area contributed by atoms with E-state index in [9.17, 15) is 0 Å². The van der Waals surface area contributed by atoms with Gasteiger partial charge in [-0.05, 0) is 11.6 Å². The van der Waals surface area contributed by atoms with Crippen LogP contribution in [0.15, 0.2) is 42.6 Å². The van der Waals surface area contributed by atoms with Crippen LogP contribution in [0, 0.1) is 0 Å². The molecule has 1 heterocycles. The number of hydrogen-bond donors (Lipinski definition) is 2. The van der Waals surface area contributed by atoms with Gasteiger partial charge in [0.2, 0.25) is 0 Å². The molecule has 0 radical (unpaired) electrons. The molecule has 0 fully saturated rings. The van der Waals surface area contributed by atoms with Crippen molar-refractivity contribution in [3.63, 3.8) is 0 Å². The molecule has 0 bridgehead atoms. The first-order chi connectivity index (χ1) is 8.68. The predicted molar refractivity (Wildman–Crippen MR) is 65.7 cm³/mol. The zero-order valence-electron chi connectivity index (χ0n) is 10.1. The summed E-state index contributed by atoms with van der Waals surface area (Å²) in [4.78, 5) is 0. The Hall–Kier alpha value is -1.69. The lowest BCUT2D eigenvalue weighted by molar-refractivity contribution is -0.107. The number of aliphatic hydroxyl groups is 2. The fourth-order valence-electron chi connectivity index (χ4n) is 1.80. The summed E-state index contributed by atoms with van der Waals surface area (Å²) in [5.41, 5.74) is 1.81. The number of ether oxygens (including phenoxy) is 1.